The molecule has 0 amide bonds. The number of rotatable bonds is 4. The maximum Gasteiger partial charge on any atom is 0.124 e. The van der Waals surface area contributed by atoms with Crippen LogP contribution in [0, 0.1) is 0 Å². The van der Waals surface area contributed by atoms with Gasteiger partial charge in [-0.05, 0) is 19.1 Å². The van der Waals surface area contributed by atoms with Gasteiger partial charge in [0.15, 0.2) is 0 Å². The highest BCUT2D eigenvalue weighted by molar-refractivity contribution is 5.39. The van der Waals surface area contributed by atoms with Crippen LogP contribution in [-0.2, 0) is 0 Å². The third kappa shape index (κ3) is 2.88. The van der Waals surface area contributed by atoms with Crippen molar-refractivity contribution < 1.29 is 9.47 Å². The molecule has 1 heterocycles. The van der Waals surface area contributed by atoms with Crippen molar-refractivity contribution in [3.8, 4) is 11.5 Å². The highest BCUT2D eigenvalue weighted by atomic mass is 16.5. The van der Waals surface area contributed by atoms with Crippen molar-refractivity contribution in [2.75, 3.05) is 13.7 Å². The van der Waals surface area contributed by atoms with Crippen molar-refractivity contribution in [3.63, 3.8) is 0 Å². The van der Waals surface area contributed by atoms with E-state index in [4.69, 9.17) is 9.47 Å². The molecular weight excluding hydrogens is 262 g/mol. The molecule has 2 aromatic rings. The number of fused-ring (bicyclic) bond motifs is 1. The average Bonchev–Trinajstić information content (AvgIpc) is 2.55. The third-order valence-electron chi connectivity index (χ3n) is 4.02. The predicted octanol–water partition coefficient (Wildman–Crippen LogP) is 3.87. The lowest BCUT2D eigenvalue weighted by Crippen LogP contribution is -2.29. The first-order valence-electron chi connectivity index (χ1n) is 7.40. The molecular formula is C18H21NO2. The van der Waals surface area contributed by atoms with Crippen molar-refractivity contribution in [1.29, 1.82) is 0 Å². The standard InChI is InChI=1S/C18H21NO2/c1-13(14-7-3-5-9-17(14)20-2)19-16-11-12-21-18-10-6-4-8-15(16)18/h3-10,13,16,19H,11-12H2,1-2H3/t13-,16?/m1/s1. The Balaban J connectivity index is 1.81. The Bertz CT molecular complexity index is 612. The molecule has 2 aromatic carbocycles. The Hall–Kier alpha value is -2.00. The lowest BCUT2D eigenvalue weighted by atomic mass is 9.98. The molecule has 0 fully saturated rings. The van der Waals surface area contributed by atoms with Gasteiger partial charge < -0.3 is 14.8 Å². The molecule has 0 spiro atoms. The van der Waals surface area contributed by atoms with E-state index >= 15 is 0 Å². The SMILES string of the molecule is COc1ccccc1[C@@H](C)NC1CCOc2ccccc21. The van der Waals surface area contributed by atoms with Gasteiger partial charge in [-0.3, -0.25) is 0 Å². The topological polar surface area (TPSA) is 30.5 Å². The minimum Gasteiger partial charge on any atom is -0.496 e. The molecule has 0 radical (unpaired) electrons. The molecule has 1 aliphatic heterocycles. The molecule has 110 valence electrons. The monoisotopic (exact) mass is 283 g/mol. The lowest BCUT2D eigenvalue weighted by molar-refractivity contribution is 0.245. The molecule has 0 aromatic heterocycles. The van der Waals surface area contributed by atoms with Gasteiger partial charge in [0.05, 0.1) is 13.7 Å². The Labute approximate surface area is 125 Å². The molecule has 21 heavy (non-hydrogen) atoms. The van der Waals surface area contributed by atoms with Crippen LogP contribution in [0.15, 0.2) is 48.5 Å². The van der Waals surface area contributed by atoms with Crippen molar-refractivity contribution >= 4 is 0 Å². The Morgan fingerprint density at radius 3 is 2.76 bits per heavy atom. The molecule has 0 saturated carbocycles. The van der Waals surface area contributed by atoms with Crippen LogP contribution in [-0.4, -0.2) is 13.7 Å². The summed E-state index contributed by atoms with van der Waals surface area (Å²) in [6.45, 7) is 2.93. The van der Waals surface area contributed by atoms with E-state index in [1.165, 1.54) is 11.1 Å². The quantitative estimate of drug-likeness (QED) is 0.924. The minimum absolute atomic E-state index is 0.220. The molecule has 1 N–H and O–H groups in total. The van der Waals surface area contributed by atoms with Gasteiger partial charge in [-0.15, -0.1) is 0 Å². The smallest absolute Gasteiger partial charge is 0.124 e. The fourth-order valence-electron chi connectivity index (χ4n) is 2.93. The molecule has 2 atom stereocenters. The number of benzene rings is 2. The zero-order chi connectivity index (χ0) is 14.7. The van der Waals surface area contributed by atoms with E-state index in [1.807, 2.05) is 30.3 Å². The first-order valence-corrected chi connectivity index (χ1v) is 7.40. The second kappa shape index (κ2) is 6.19. The number of hydrogen-bond acceptors (Lipinski definition) is 3. The van der Waals surface area contributed by atoms with Gasteiger partial charge in [-0.25, -0.2) is 0 Å². The van der Waals surface area contributed by atoms with Gasteiger partial charge >= 0.3 is 0 Å². The molecule has 1 aliphatic rings. The van der Waals surface area contributed by atoms with E-state index in [9.17, 15) is 0 Å². The van der Waals surface area contributed by atoms with Gasteiger partial charge in [0, 0.05) is 29.6 Å². The van der Waals surface area contributed by atoms with Crippen LogP contribution in [0.5, 0.6) is 11.5 Å². The second-order valence-corrected chi connectivity index (χ2v) is 5.36. The Morgan fingerprint density at radius 2 is 1.90 bits per heavy atom. The molecule has 3 rings (SSSR count). The van der Waals surface area contributed by atoms with Crippen LogP contribution in [0.2, 0.25) is 0 Å². The number of ether oxygens (including phenoxy) is 2. The molecule has 0 bridgehead atoms. The minimum atomic E-state index is 0.220. The summed E-state index contributed by atoms with van der Waals surface area (Å²) in [6.07, 6.45) is 0.983. The summed E-state index contributed by atoms with van der Waals surface area (Å²) in [5.74, 6) is 1.92. The van der Waals surface area contributed by atoms with Crippen LogP contribution in [0.4, 0.5) is 0 Å². The number of hydrogen-bond donors (Lipinski definition) is 1. The van der Waals surface area contributed by atoms with E-state index in [2.05, 4.69) is 30.4 Å². The molecule has 3 heteroatoms. The van der Waals surface area contributed by atoms with E-state index in [1.54, 1.807) is 7.11 Å². The molecule has 0 aliphatic carbocycles. The van der Waals surface area contributed by atoms with Crippen molar-refractivity contribution in [2.24, 2.45) is 0 Å². The van der Waals surface area contributed by atoms with Crippen LogP contribution in [0.25, 0.3) is 0 Å². The zero-order valence-electron chi connectivity index (χ0n) is 12.5. The second-order valence-electron chi connectivity index (χ2n) is 5.36. The highest BCUT2D eigenvalue weighted by Crippen LogP contribution is 2.34. The summed E-state index contributed by atoms with van der Waals surface area (Å²) in [4.78, 5) is 0. The van der Waals surface area contributed by atoms with E-state index in [-0.39, 0.29) is 6.04 Å². The first kappa shape index (κ1) is 14.0. The fourth-order valence-corrected chi connectivity index (χ4v) is 2.93. The van der Waals surface area contributed by atoms with E-state index < -0.39 is 0 Å². The maximum atomic E-state index is 5.72. The van der Waals surface area contributed by atoms with Gasteiger partial charge in [0.2, 0.25) is 0 Å². The Kier molecular flexibility index (Phi) is 4.11. The van der Waals surface area contributed by atoms with Crippen LogP contribution >= 0.6 is 0 Å². The molecule has 3 nitrogen and oxygen atoms in total. The van der Waals surface area contributed by atoms with Crippen LogP contribution < -0.4 is 14.8 Å². The summed E-state index contributed by atoms with van der Waals surface area (Å²) in [5, 5.41) is 3.71. The van der Waals surface area contributed by atoms with Gasteiger partial charge in [0.25, 0.3) is 0 Å². The van der Waals surface area contributed by atoms with Crippen molar-refractivity contribution in [2.45, 2.75) is 25.4 Å². The van der Waals surface area contributed by atoms with Crippen molar-refractivity contribution in [3.05, 3.63) is 59.7 Å². The van der Waals surface area contributed by atoms with E-state index in [0.717, 1.165) is 24.5 Å². The summed E-state index contributed by atoms with van der Waals surface area (Å²) >= 11 is 0. The van der Waals surface area contributed by atoms with Crippen LogP contribution in [0.3, 0.4) is 0 Å². The van der Waals surface area contributed by atoms with Crippen LogP contribution in [0.1, 0.15) is 36.6 Å². The normalized spacial score (nSPS) is 18.5. The van der Waals surface area contributed by atoms with Gasteiger partial charge in [-0.2, -0.15) is 0 Å². The number of nitrogens with one attached hydrogen (secondary N) is 1. The predicted molar refractivity (Wildman–Crippen MR) is 83.8 cm³/mol. The van der Waals surface area contributed by atoms with Gasteiger partial charge in [-0.1, -0.05) is 36.4 Å². The summed E-state index contributed by atoms with van der Waals surface area (Å²) in [5.41, 5.74) is 2.43. The maximum absolute atomic E-state index is 5.72. The Morgan fingerprint density at radius 1 is 1.14 bits per heavy atom. The summed E-state index contributed by atoms with van der Waals surface area (Å²) in [7, 11) is 1.72. The zero-order valence-corrected chi connectivity index (χ0v) is 12.5. The fraction of sp³-hybridized carbons (Fsp3) is 0.333. The third-order valence-corrected chi connectivity index (χ3v) is 4.02. The lowest BCUT2D eigenvalue weighted by Gasteiger charge is -2.30. The first-order chi connectivity index (χ1) is 10.3. The van der Waals surface area contributed by atoms with Gasteiger partial charge in [0.1, 0.15) is 11.5 Å². The highest BCUT2D eigenvalue weighted by Gasteiger charge is 2.23. The van der Waals surface area contributed by atoms with E-state index in [0.29, 0.717) is 6.04 Å². The largest absolute Gasteiger partial charge is 0.496 e. The number of para-hydroxylation sites is 2. The molecule has 0 saturated heterocycles. The number of methoxy groups -OCH3 is 1. The average molecular weight is 283 g/mol. The van der Waals surface area contributed by atoms with Crippen molar-refractivity contribution in [1.82, 2.24) is 5.32 Å². The molecule has 1 unspecified atom stereocenters. The summed E-state index contributed by atoms with van der Waals surface area (Å²) < 4.78 is 11.2. The summed E-state index contributed by atoms with van der Waals surface area (Å²) in [6, 6.07) is 17.0.